The van der Waals surface area contributed by atoms with Gasteiger partial charge in [-0.1, -0.05) is 6.07 Å². The van der Waals surface area contributed by atoms with Crippen LogP contribution in [0.3, 0.4) is 0 Å². The van der Waals surface area contributed by atoms with E-state index in [0.717, 1.165) is 16.4 Å². The lowest BCUT2D eigenvalue weighted by molar-refractivity contribution is -0.137. The highest BCUT2D eigenvalue weighted by Crippen LogP contribution is 2.32. The summed E-state index contributed by atoms with van der Waals surface area (Å²) in [5.41, 5.74) is -0.244. The summed E-state index contributed by atoms with van der Waals surface area (Å²) in [4.78, 5) is 0.0915. The largest absolute Gasteiger partial charge is 0.416 e. The minimum Gasteiger partial charge on any atom is -0.416 e. The molecular weight excluding hydrogens is 383 g/mol. The predicted octanol–water partition coefficient (Wildman–Crippen LogP) is 3.67. The normalized spacial score (nSPS) is 12.5. The number of hydrogen-bond acceptors (Lipinski definition) is 5. The summed E-state index contributed by atoms with van der Waals surface area (Å²) in [5, 5.41) is 7.60. The first-order chi connectivity index (χ1) is 12.6. The summed E-state index contributed by atoms with van der Waals surface area (Å²) in [5.74, 6) is -0.00250. The van der Waals surface area contributed by atoms with Gasteiger partial charge in [0.15, 0.2) is 0 Å². The Hall–Kier alpha value is -2.72. The van der Waals surface area contributed by atoms with Gasteiger partial charge in [-0.2, -0.15) is 13.2 Å². The molecule has 0 radical (unpaired) electrons. The molecule has 27 heavy (non-hydrogen) atoms. The number of alkyl halides is 3. The minimum absolute atomic E-state index is 0.0659. The fourth-order valence-corrected chi connectivity index (χ4v) is 3.17. The summed E-state index contributed by atoms with van der Waals surface area (Å²) in [6.07, 6.45) is -4.48. The molecule has 0 aliphatic heterocycles. The number of nitrogens with zero attached hydrogens (tertiary/aromatic N) is 3. The van der Waals surface area contributed by atoms with Crippen LogP contribution in [0.15, 0.2) is 57.8 Å². The molecule has 3 rings (SSSR count). The zero-order chi connectivity index (χ0) is 19.8. The third kappa shape index (κ3) is 3.86. The standard InChI is InChI=1S/C17H14F3N3O3S/c1-23(2)27(24,25)14-8-6-11(7-9-14)15-21-22-16(26-15)12-4-3-5-13(10-12)17(18,19)20/h3-10H,1-2H3. The van der Waals surface area contributed by atoms with Gasteiger partial charge in [0.2, 0.25) is 21.8 Å². The van der Waals surface area contributed by atoms with Crippen LogP contribution in [0.1, 0.15) is 5.56 Å². The molecule has 0 bridgehead atoms. The first-order valence-electron chi connectivity index (χ1n) is 7.63. The van der Waals surface area contributed by atoms with Crippen molar-refractivity contribution >= 4 is 10.0 Å². The van der Waals surface area contributed by atoms with Crippen molar-refractivity contribution in [1.29, 1.82) is 0 Å². The Morgan fingerprint density at radius 1 is 0.926 bits per heavy atom. The van der Waals surface area contributed by atoms with E-state index in [1.165, 1.54) is 50.5 Å². The van der Waals surface area contributed by atoms with E-state index in [1.807, 2.05) is 0 Å². The topological polar surface area (TPSA) is 76.3 Å². The van der Waals surface area contributed by atoms with Gasteiger partial charge in [-0.05, 0) is 42.5 Å². The third-order valence-electron chi connectivity index (χ3n) is 3.74. The Kier molecular flexibility index (Phi) is 4.79. The fraction of sp³-hybridized carbons (Fsp3) is 0.176. The molecule has 0 fully saturated rings. The van der Waals surface area contributed by atoms with Crippen LogP contribution < -0.4 is 0 Å². The molecule has 2 aromatic carbocycles. The Bertz CT molecular complexity index is 1060. The molecule has 142 valence electrons. The molecule has 1 aromatic heterocycles. The second-order valence-electron chi connectivity index (χ2n) is 5.80. The van der Waals surface area contributed by atoms with Gasteiger partial charge in [-0.25, -0.2) is 12.7 Å². The van der Waals surface area contributed by atoms with Crippen LogP contribution in [0.25, 0.3) is 22.9 Å². The van der Waals surface area contributed by atoms with Crippen molar-refractivity contribution in [2.24, 2.45) is 0 Å². The van der Waals surface area contributed by atoms with Gasteiger partial charge in [0, 0.05) is 25.2 Å². The average molecular weight is 397 g/mol. The Labute approximate surface area is 153 Å². The lowest BCUT2D eigenvalue weighted by Crippen LogP contribution is -2.22. The maximum atomic E-state index is 12.8. The predicted molar refractivity (Wildman–Crippen MR) is 91.0 cm³/mol. The second-order valence-corrected chi connectivity index (χ2v) is 7.95. The van der Waals surface area contributed by atoms with E-state index >= 15 is 0 Å². The first kappa shape index (κ1) is 19.1. The highest BCUT2D eigenvalue weighted by atomic mass is 32.2. The van der Waals surface area contributed by atoms with Gasteiger partial charge >= 0.3 is 6.18 Å². The van der Waals surface area contributed by atoms with Gasteiger partial charge < -0.3 is 4.42 Å². The van der Waals surface area contributed by atoms with E-state index in [4.69, 9.17) is 4.42 Å². The van der Waals surface area contributed by atoms with Crippen molar-refractivity contribution in [2.45, 2.75) is 11.1 Å². The molecule has 0 unspecified atom stereocenters. The van der Waals surface area contributed by atoms with E-state index in [1.54, 1.807) is 0 Å². The van der Waals surface area contributed by atoms with Crippen molar-refractivity contribution in [3.05, 3.63) is 54.1 Å². The van der Waals surface area contributed by atoms with Crippen LogP contribution >= 0.6 is 0 Å². The van der Waals surface area contributed by atoms with Crippen LogP contribution in [-0.2, 0) is 16.2 Å². The highest BCUT2D eigenvalue weighted by Gasteiger charge is 2.31. The average Bonchev–Trinajstić information content (AvgIpc) is 3.11. The zero-order valence-corrected chi connectivity index (χ0v) is 15.0. The highest BCUT2D eigenvalue weighted by molar-refractivity contribution is 7.89. The van der Waals surface area contributed by atoms with Crippen LogP contribution in [0, 0.1) is 0 Å². The molecule has 0 saturated heterocycles. The molecule has 10 heteroatoms. The quantitative estimate of drug-likeness (QED) is 0.671. The monoisotopic (exact) mass is 397 g/mol. The number of sulfonamides is 1. The maximum absolute atomic E-state index is 12.8. The molecule has 6 nitrogen and oxygen atoms in total. The lowest BCUT2D eigenvalue weighted by atomic mass is 10.1. The van der Waals surface area contributed by atoms with Crippen LogP contribution in [-0.4, -0.2) is 37.0 Å². The number of hydrogen-bond donors (Lipinski definition) is 0. The molecule has 0 aliphatic rings. The molecule has 0 aliphatic carbocycles. The molecule has 0 amide bonds. The third-order valence-corrected chi connectivity index (χ3v) is 5.57. The van der Waals surface area contributed by atoms with Crippen LogP contribution in [0.4, 0.5) is 13.2 Å². The molecule has 0 spiro atoms. The van der Waals surface area contributed by atoms with Gasteiger partial charge in [-0.3, -0.25) is 0 Å². The summed E-state index contributed by atoms with van der Waals surface area (Å²) >= 11 is 0. The summed E-state index contributed by atoms with van der Waals surface area (Å²) in [6, 6.07) is 10.3. The van der Waals surface area contributed by atoms with E-state index in [0.29, 0.717) is 5.56 Å². The van der Waals surface area contributed by atoms with Gasteiger partial charge in [0.05, 0.1) is 10.5 Å². The number of benzene rings is 2. The van der Waals surface area contributed by atoms with E-state index in [2.05, 4.69) is 10.2 Å². The number of aromatic nitrogens is 2. The Morgan fingerprint density at radius 2 is 1.52 bits per heavy atom. The maximum Gasteiger partial charge on any atom is 0.416 e. The zero-order valence-electron chi connectivity index (χ0n) is 14.2. The molecule has 1 heterocycles. The first-order valence-corrected chi connectivity index (χ1v) is 9.07. The summed E-state index contributed by atoms with van der Waals surface area (Å²) in [7, 11) is -0.734. The Balaban J connectivity index is 1.91. The Morgan fingerprint density at radius 3 is 2.07 bits per heavy atom. The molecule has 0 N–H and O–H groups in total. The smallest absolute Gasteiger partial charge is 0.416 e. The molecular formula is C17H14F3N3O3S. The van der Waals surface area contributed by atoms with E-state index in [-0.39, 0.29) is 22.2 Å². The lowest BCUT2D eigenvalue weighted by Gasteiger charge is -2.11. The fourth-order valence-electron chi connectivity index (χ4n) is 2.27. The SMILES string of the molecule is CN(C)S(=O)(=O)c1ccc(-c2nnc(-c3cccc(C(F)(F)F)c3)o2)cc1. The van der Waals surface area contributed by atoms with E-state index in [9.17, 15) is 21.6 Å². The molecule has 3 aromatic rings. The van der Waals surface area contributed by atoms with Crippen molar-refractivity contribution in [3.63, 3.8) is 0 Å². The van der Waals surface area contributed by atoms with E-state index < -0.39 is 21.8 Å². The molecule has 0 saturated carbocycles. The van der Waals surface area contributed by atoms with Gasteiger partial charge in [-0.15, -0.1) is 10.2 Å². The minimum atomic E-state index is -4.48. The van der Waals surface area contributed by atoms with Crippen molar-refractivity contribution in [1.82, 2.24) is 14.5 Å². The van der Waals surface area contributed by atoms with Crippen molar-refractivity contribution < 1.29 is 26.0 Å². The summed E-state index contributed by atoms with van der Waals surface area (Å²) < 4.78 is 69.1. The van der Waals surface area contributed by atoms with Gasteiger partial charge in [0.25, 0.3) is 0 Å². The van der Waals surface area contributed by atoms with Gasteiger partial charge in [0.1, 0.15) is 0 Å². The van der Waals surface area contributed by atoms with Crippen LogP contribution in [0.5, 0.6) is 0 Å². The van der Waals surface area contributed by atoms with Crippen LogP contribution in [0.2, 0.25) is 0 Å². The summed E-state index contributed by atoms with van der Waals surface area (Å²) in [6.45, 7) is 0. The number of halogens is 3. The molecule has 0 atom stereocenters. The number of rotatable bonds is 4. The van der Waals surface area contributed by atoms with Crippen molar-refractivity contribution in [3.8, 4) is 22.9 Å². The van der Waals surface area contributed by atoms with Crippen molar-refractivity contribution in [2.75, 3.05) is 14.1 Å². The second kappa shape index (κ2) is 6.78.